The Bertz CT molecular complexity index is 1090. The number of carbonyl (C=O) groups excluding carboxylic acids is 1. The van der Waals surface area contributed by atoms with Gasteiger partial charge in [0.1, 0.15) is 0 Å². The third kappa shape index (κ3) is 4.34. The topological polar surface area (TPSA) is 82.3 Å². The highest BCUT2D eigenvalue weighted by atomic mass is 32.2. The molecular formula is C25H35N3O3S. The molecule has 2 N–H and O–H groups in total. The van der Waals surface area contributed by atoms with E-state index in [9.17, 15) is 13.2 Å². The van der Waals surface area contributed by atoms with Gasteiger partial charge in [0.05, 0.1) is 10.8 Å². The van der Waals surface area contributed by atoms with Crippen LogP contribution < -0.4 is 5.32 Å². The second-order valence-electron chi connectivity index (χ2n) is 9.90. The highest BCUT2D eigenvalue weighted by Gasteiger charge is 2.34. The van der Waals surface area contributed by atoms with Crippen molar-refractivity contribution in [1.29, 1.82) is 0 Å². The number of piperidine rings is 1. The summed E-state index contributed by atoms with van der Waals surface area (Å²) in [6.45, 7) is 0.767. The van der Waals surface area contributed by atoms with Crippen LogP contribution in [0.2, 0.25) is 0 Å². The van der Waals surface area contributed by atoms with E-state index in [0.717, 1.165) is 55.8 Å². The third-order valence-electron chi connectivity index (χ3n) is 7.66. The molecule has 2 aliphatic carbocycles. The molecule has 1 aromatic heterocycles. The number of nitrogens with one attached hydrogen (secondary N) is 2. The van der Waals surface area contributed by atoms with E-state index in [4.69, 9.17) is 0 Å². The first kappa shape index (κ1) is 22.0. The van der Waals surface area contributed by atoms with Crippen molar-refractivity contribution in [1.82, 2.24) is 14.6 Å². The number of aromatic amines is 1. The molecule has 174 valence electrons. The average molecular weight is 458 g/mol. The molecule has 32 heavy (non-hydrogen) atoms. The minimum Gasteiger partial charge on any atom is -0.358 e. The average Bonchev–Trinajstić information content (AvgIpc) is 2.99. The summed E-state index contributed by atoms with van der Waals surface area (Å²) < 4.78 is 28.6. The van der Waals surface area contributed by atoms with Gasteiger partial charge in [-0.2, -0.15) is 4.31 Å². The standard InChI is InChI=1S/C25H35N3O3S/c29-25(26-19-9-3-1-4-10-19)18-8-7-15-28(17-18)32(30,31)20-13-14-24-22(16-20)21-11-5-2-6-12-23(21)27-24/h13-14,16,18-19,27H,1-12,15,17H2,(H,26,29). The van der Waals surface area contributed by atoms with Crippen molar-refractivity contribution in [3.8, 4) is 0 Å². The monoisotopic (exact) mass is 457 g/mol. The number of benzene rings is 1. The summed E-state index contributed by atoms with van der Waals surface area (Å²) in [6.07, 6.45) is 12.8. The molecule has 1 saturated carbocycles. The Hall–Kier alpha value is -1.86. The Morgan fingerprint density at radius 2 is 1.75 bits per heavy atom. The van der Waals surface area contributed by atoms with Crippen LogP contribution in [0.5, 0.6) is 0 Å². The Kier molecular flexibility index (Phi) is 6.30. The van der Waals surface area contributed by atoms with Gasteiger partial charge in [-0.25, -0.2) is 8.42 Å². The molecular weight excluding hydrogens is 422 g/mol. The van der Waals surface area contributed by atoms with Gasteiger partial charge in [0, 0.05) is 35.7 Å². The molecule has 2 fully saturated rings. The number of fused-ring (bicyclic) bond motifs is 3. The Morgan fingerprint density at radius 3 is 2.59 bits per heavy atom. The number of hydrogen-bond donors (Lipinski definition) is 2. The summed E-state index contributed by atoms with van der Waals surface area (Å²) in [4.78, 5) is 16.7. The number of hydrogen-bond acceptors (Lipinski definition) is 3. The molecule has 1 aliphatic heterocycles. The van der Waals surface area contributed by atoms with E-state index < -0.39 is 10.0 Å². The van der Waals surface area contributed by atoms with Crippen LogP contribution in [0.4, 0.5) is 0 Å². The van der Waals surface area contributed by atoms with Crippen molar-refractivity contribution in [2.24, 2.45) is 5.92 Å². The van der Waals surface area contributed by atoms with Crippen LogP contribution in [0.1, 0.15) is 75.5 Å². The lowest BCUT2D eigenvalue weighted by Gasteiger charge is -2.32. The molecule has 2 heterocycles. The maximum absolute atomic E-state index is 13.5. The first-order valence-corrected chi connectivity index (χ1v) is 13.9. The maximum Gasteiger partial charge on any atom is 0.243 e. The lowest BCUT2D eigenvalue weighted by atomic mass is 9.93. The number of aryl methyl sites for hydroxylation is 2. The van der Waals surface area contributed by atoms with E-state index in [1.165, 1.54) is 47.7 Å². The smallest absolute Gasteiger partial charge is 0.243 e. The van der Waals surface area contributed by atoms with Crippen molar-refractivity contribution in [3.63, 3.8) is 0 Å². The van der Waals surface area contributed by atoms with E-state index in [-0.39, 0.29) is 24.4 Å². The largest absolute Gasteiger partial charge is 0.358 e. The minimum absolute atomic E-state index is 0.0307. The Morgan fingerprint density at radius 1 is 0.969 bits per heavy atom. The van der Waals surface area contributed by atoms with Crippen molar-refractivity contribution in [2.45, 2.75) is 88.0 Å². The molecule has 7 heteroatoms. The molecule has 2 aromatic rings. The zero-order valence-corrected chi connectivity index (χ0v) is 19.7. The van der Waals surface area contributed by atoms with Gasteiger partial charge in [-0.3, -0.25) is 4.79 Å². The lowest BCUT2D eigenvalue weighted by Crippen LogP contribution is -2.47. The molecule has 0 bridgehead atoms. The fourth-order valence-electron chi connectivity index (χ4n) is 5.81. The fourth-order valence-corrected chi connectivity index (χ4v) is 7.36. The molecule has 6 nitrogen and oxygen atoms in total. The van der Waals surface area contributed by atoms with Crippen LogP contribution in [-0.2, 0) is 27.7 Å². The molecule has 3 aliphatic rings. The summed E-state index contributed by atoms with van der Waals surface area (Å²) in [5, 5.41) is 4.24. The van der Waals surface area contributed by atoms with E-state index in [1.54, 1.807) is 6.07 Å². The summed E-state index contributed by atoms with van der Waals surface area (Å²) in [5.41, 5.74) is 3.58. The van der Waals surface area contributed by atoms with Gasteiger partial charge >= 0.3 is 0 Å². The van der Waals surface area contributed by atoms with Gasteiger partial charge in [0.15, 0.2) is 0 Å². The number of sulfonamides is 1. The van der Waals surface area contributed by atoms with Gasteiger partial charge in [-0.1, -0.05) is 25.7 Å². The minimum atomic E-state index is -3.63. The van der Waals surface area contributed by atoms with Crippen LogP contribution in [0, 0.1) is 5.92 Å². The second-order valence-corrected chi connectivity index (χ2v) is 11.8. The maximum atomic E-state index is 13.5. The van der Waals surface area contributed by atoms with E-state index in [1.807, 2.05) is 12.1 Å². The number of amides is 1. The number of carbonyl (C=O) groups is 1. The van der Waals surface area contributed by atoms with Crippen molar-refractivity contribution in [3.05, 3.63) is 29.5 Å². The number of aromatic nitrogens is 1. The zero-order valence-electron chi connectivity index (χ0n) is 18.9. The van der Waals surface area contributed by atoms with Crippen molar-refractivity contribution in [2.75, 3.05) is 13.1 Å². The molecule has 5 rings (SSSR count). The predicted octanol–water partition coefficient (Wildman–Crippen LogP) is 4.29. The number of nitrogens with zero attached hydrogens (tertiary/aromatic N) is 1. The van der Waals surface area contributed by atoms with Crippen molar-refractivity contribution >= 4 is 26.8 Å². The predicted molar refractivity (Wildman–Crippen MR) is 126 cm³/mol. The first-order valence-electron chi connectivity index (χ1n) is 12.5. The van der Waals surface area contributed by atoms with Gasteiger partial charge in [-0.15, -0.1) is 0 Å². The Balaban J connectivity index is 1.34. The van der Waals surface area contributed by atoms with E-state index >= 15 is 0 Å². The summed E-state index contributed by atoms with van der Waals surface area (Å²) in [7, 11) is -3.63. The van der Waals surface area contributed by atoms with Crippen LogP contribution in [0.15, 0.2) is 23.1 Å². The van der Waals surface area contributed by atoms with Crippen molar-refractivity contribution < 1.29 is 13.2 Å². The van der Waals surface area contributed by atoms with Crippen LogP contribution in [-0.4, -0.2) is 42.7 Å². The quantitative estimate of drug-likeness (QED) is 0.672. The normalized spacial score (nSPS) is 23.6. The van der Waals surface area contributed by atoms with Gasteiger partial charge < -0.3 is 10.3 Å². The molecule has 1 atom stereocenters. The molecule has 0 spiro atoms. The van der Waals surface area contributed by atoms with Crippen LogP contribution >= 0.6 is 0 Å². The lowest BCUT2D eigenvalue weighted by molar-refractivity contribution is -0.127. The third-order valence-corrected chi connectivity index (χ3v) is 9.52. The molecule has 1 saturated heterocycles. The van der Waals surface area contributed by atoms with Gasteiger partial charge in [-0.05, 0) is 75.1 Å². The van der Waals surface area contributed by atoms with Crippen LogP contribution in [0.25, 0.3) is 10.9 Å². The molecule has 1 amide bonds. The second kappa shape index (κ2) is 9.18. The molecule has 0 radical (unpaired) electrons. The van der Waals surface area contributed by atoms with Gasteiger partial charge in [0.2, 0.25) is 15.9 Å². The number of H-pyrrole nitrogens is 1. The number of rotatable bonds is 4. The SMILES string of the molecule is O=C(NC1CCCCC1)C1CCCN(S(=O)(=O)c2ccc3[nH]c4c(c3c2)CCCCC4)C1. The highest BCUT2D eigenvalue weighted by molar-refractivity contribution is 7.89. The summed E-state index contributed by atoms with van der Waals surface area (Å²) in [6, 6.07) is 5.75. The summed E-state index contributed by atoms with van der Waals surface area (Å²) in [5.74, 6) is -0.226. The highest BCUT2D eigenvalue weighted by Crippen LogP contribution is 2.32. The van der Waals surface area contributed by atoms with Gasteiger partial charge in [0.25, 0.3) is 0 Å². The van der Waals surface area contributed by atoms with E-state index in [2.05, 4.69) is 10.3 Å². The fraction of sp³-hybridized carbons (Fsp3) is 0.640. The molecule has 1 aromatic carbocycles. The molecule has 1 unspecified atom stereocenters. The van der Waals surface area contributed by atoms with E-state index in [0.29, 0.717) is 11.4 Å². The zero-order chi connectivity index (χ0) is 22.1. The summed E-state index contributed by atoms with van der Waals surface area (Å²) >= 11 is 0. The first-order chi connectivity index (χ1) is 15.5. The Labute approximate surface area is 191 Å². The van der Waals surface area contributed by atoms with Crippen LogP contribution in [0.3, 0.4) is 0 Å².